The second-order valence-corrected chi connectivity index (χ2v) is 19.3. The average molecular weight is 823 g/mol. The number of hydrogen-bond donors (Lipinski definition) is 0. The van der Waals surface area contributed by atoms with Crippen LogP contribution < -0.4 is 5.19 Å². The Labute approximate surface area is 299 Å². The number of hydrogen-bond acceptors (Lipinski definition) is 3. The van der Waals surface area contributed by atoms with Crippen molar-refractivity contribution >= 4 is 35.2 Å². The molecule has 5 heteroatoms. The van der Waals surface area contributed by atoms with Crippen molar-refractivity contribution < 1.29 is 24.5 Å². The summed E-state index contributed by atoms with van der Waals surface area (Å²) >= 11 is 0. The van der Waals surface area contributed by atoms with E-state index < -0.39 is 8.07 Å². The molecule has 4 aromatic carbocycles. The third kappa shape index (κ3) is 7.93. The smallest absolute Gasteiger partial charge is 0.121 e. The van der Waals surface area contributed by atoms with Crippen molar-refractivity contribution in [3.05, 3.63) is 150 Å². The van der Waals surface area contributed by atoms with Gasteiger partial charge in [0.1, 0.15) is 5.58 Å². The summed E-state index contributed by atoms with van der Waals surface area (Å²) in [6.07, 6.45) is 3.90. The van der Waals surface area contributed by atoms with Crippen LogP contribution in [0.5, 0.6) is 0 Å². The molecule has 0 spiro atoms. The van der Waals surface area contributed by atoms with Crippen molar-refractivity contribution in [3.63, 3.8) is 0 Å². The molecule has 0 saturated heterocycles. The Morgan fingerprint density at radius 3 is 2.12 bits per heavy atom. The average Bonchev–Trinajstić information content (AvgIpc) is 3.45. The van der Waals surface area contributed by atoms with E-state index in [0.717, 1.165) is 44.5 Å². The maximum atomic E-state index is 6.20. The van der Waals surface area contributed by atoms with Gasteiger partial charge in [-0.15, -0.1) is 59.7 Å². The summed E-state index contributed by atoms with van der Waals surface area (Å²) in [6.45, 7) is 15.9. The van der Waals surface area contributed by atoms with Crippen molar-refractivity contribution in [1.82, 2.24) is 9.97 Å². The van der Waals surface area contributed by atoms with Crippen LogP contribution in [0.3, 0.4) is 0 Å². The fourth-order valence-electron chi connectivity index (χ4n) is 5.68. The maximum Gasteiger partial charge on any atom is 0.121 e. The molecule has 48 heavy (non-hydrogen) atoms. The first-order valence-electron chi connectivity index (χ1n) is 16.3. The fraction of sp³-hybridized carbons (Fsp3) is 0.209. The monoisotopic (exact) mass is 823 g/mol. The van der Waals surface area contributed by atoms with E-state index in [0.29, 0.717) is 5.92 Å². The van der Waals surface area contributed by atoms with Gasteiger partial charge in [-0.1, -0.05) is 113 Å². The van der Waals surface area contributed by atoms with E-state index in [1.807, 2.05) is 42.7 Å². The number of furan rings is 1. The SMILES string of the molecule is CC(c1ccccc1)c1ccc2c(c1)oc1c[c-]c(-c3cc(C(C)(C)C)ccn3)cc12.C[Si](C)(C)c1ccc(-c2[c-]cccc2)nc1.[Ir]. The molecule has 3 aromatic heterocycles. The van der Waals surface area contributed by atoms with E-state index in [-0.39, 0.29) is 25.5 Å². The summed E-state index contributed by atoms with van der Waals surface area (Å²) in [7, 11) is -1.23. The minimum atomic E-state index is -1.23. The van der Waals surface area contributed by atoms with Crippen molar-refractivity contribution in [3.8, 4) is 22.5 Å². The van der Waals surface area contributed by atoms with Crippen LogP contribution in [0, 0.1) is 12.1 Å². The minimum Gasteiger partial charge on any atom is -0.500 e. The summed E-state index contributed by atoms with van der Waals surface area (Å²) < 4.78 is 6.20. The van der Waals surface area contributed by atoms with Gasteiger partial charge in [0.15, 0.2) is 0 Å². The first-order valence-corrected chi connectivity index (χ1v) is 19.8. The molecule has 1 atom stereocenters. The summed E-state index contributed by atoms with van der Waals surface area (Å²) in [4.78, 5) is 9.12. The predicted octanol–water partition coefficient (Wildman–Crippen LogP) is 11.0. The van der Waals surface area contributed by atoms with Crippen LogP contribution in [0.1, 0.15) is 50.3 Å². The van der Waals surface area contributed by atoms with Gasteiger partial charge in [-0.25, -0.2) is 0 Å². The van der Waals surface area contributed by atoms with E-state index in [1.54, 1.807) is 0 Å². The molecule has 0 aliphatic rings. The van der Waals surface area contributed by atoms with Crippen molar-refractivity contribution in [1.29, 1.82) is 0 Å². The molecule has 3 heterocycles. The third-order valence-electron chi connectivity index (χ3n) is 8.74. The second kappa shape index (κ2) is 14.5. The molecule has 3 nitrogen and oxygen atoms in total. The molecule has 7 rings (SSSR count). The van der Waals surface area contributed by atoms with Crippen molar-refractivity contribution in [2.24, 2.45) is 0 Å². The van der Waals surface area contributed by atoms with Crippen LogP contribution >= 0.6 is 0 Å². The molecule has 0 aliphatic heterocycles. The topological polar surface area (TPSA) is 38.9 Å². The number of pyridine rings is 2. The summed E-state index contributed by atoms with van der Waals surface area (Å²) in [5.74, 6) is 0.310. The fourth-order valence-corrected chi connectivity index (χ4v) is 6.72. The molecule has 0 saturated carbocycles. The standard InChI is InChI=1S/C29H26NO.C14H16NSi.Ir/c1-19(20-8-6-5-7-9-20)21-10-12-24-25-16-22(11-13-27(25)31-28(24)17-21)26-18-23(14-15-30-26)29(2,3)4;1-16(2,3)13-9-10-14(15-11-13)12-7-5-4-6-8-12;/h5-10,12-19H,1-4H3;4-7,9-11H,1-3H3;/q2*-1;. The Kier molecular flexibility index (Phi) is 10.6. The van der Waals surface area contributed by atoms with Gasteiger partial charge in [-0.3, -0.25) is 0 Å². The van der Waals surface area contributed by atoms with Gasteiger partial charge in [0, 0.05) is 43.8 Å². The zero-order valence-corrected chi connectivity index (χ0v) is 32.2. The predicted molar refractivity (Wildman–Crippen MR) is 200 cm³/mol. The van der Waals surface area contributed by atoms with Crippen LogP contribution in [0.25, 0.3) is 44.5 Å². The van der Waals surface area contributed by atoms with E-state index in [4.69, 9.17) is 4.42 Å². The first-order chi connectivity index (χ1) is 22.5. The molecule has 0 bridgehead atoms. The molecular weight excluding hydrogens is 781 g/mol. The normalized spacial score (nSPS) is 12.2. The van der Waals surface area contributed by atoms with Gasteiger partial charge < -0.3 is 14.4 Å². The van der Waals surface area contributed by atoms with E-state index in [2.05, 4.69) is 148 Å². The Balaban J connectivity index is 0.000000224. The third-order valence-corrected chi connectivity index (χ3v) is 10.8. The molecule has 245 valence electrons. The Morgan fingerprint density at radius 1 is 0.688 bits per heavy atom. The second-order valence-electron chi connectivity index (χ2n) is 14.3. The number of fused-ring (bicyclic) bond motifs is 3. The van der Waals surface area contributed by atoms with E-state index >= 15 is 0 Å². The Bertz CT molecular complexity index is 2110. The Hall–Kier alpha value is -4.15. The van der Waals surface area contributed by atoms with Gasteiger partial charge in [0.25, 0.3) is 0 Å². The Morgan fingerprint density at radius 2 is 1.46 bits per heavy atom. The van der Waals surface area contributed by atoms with Crippen LogP contribution in [0.2, 0.25) is 19.6 Å². The molecule has 0 amide bonds. The van der Waals surface area contributed by atoms with Crippen molar-refractivity contribution in [2.45, 2.75) is 58.7 Å². The molecule has 1 radical (unpaired) electrons. The van der Waals surface area contributed by atoms with E-state index in [1.165, 1.54) is 21.9 Å². The molecule has 0 N–H and O–H groups in total. The van der Waals surface area contributed by atoms with Gasteiger partial charge >= 0.3 is 0 Å². The zero-order chi connectivity index (χ0) is 33.2. The van der Waals surface area contributed by atoms with Crippen LogP contribution in [0.4, 0.5) is 0 Å². The largest absolute Gasteiger partial charge is 0.500 e. The van der Waals surface area contributed by atoms with E-state index in [9.17, 15) is 0 Å². The van der Waals surface area contributed by atoms with Crippen LogP contribution in [-0.4, -0.2) is 18.0 Å². The quantitative estimate of drug-likeness (QED) is 0.128. The summed E-state index contributed by atoms with van der Waals surface area (Å²) in [5, 5.41) is 3.62. The minimum absolute atomic E-state index is 0. The summed E-state index contributed by atoms with van der Waals surface area (Å²) in [5.41, 5.74) is 9.67. The number of aromatic nitrogens is 2. The van der Waals surface area contributed by atoms with Crippen molar-refractivity contribution in [2.75, 3.05) is 0 Å². The molecular formula is C43H42IrN2OSi-2. The first kappa shape index (κ1) is 35.2. The molecule has 7 aromatic rings. The summed E-state index contributed by atoms with van der Waals surface area (Å²) in [6, 6.07) is 44.3. The van der Waals surface area contributed by atoms with Gasteiger partial charge in [-0.05, 0) is 50.8 Å². The molecule has 0 aliphatic carbocycles. The van der Waals surface area contributed by atoms with Gasteiger partial charge in [0.2, 0.25) is 0 Å². The van der Waals surface area contributed by atoms with Crippen LogP contribution in [-0.2, 0) is 25.5 Å². The zero-order valence-electron chi connectivity index (χ0n) is 28.8. The number of rotatable bonds is 5. The maximum absolute atomic E-state index is 6.20. The van der Waals surface area contributed by atoms with Gasteiger partial charge in [-0.2, -0.15) is 0 Å². The van der Waals surface area contributed by atoms with Crippen LogP contribution in [0.15, 0.2) is 126 Å². The van der Waals surface area contributed by atoms with Gasteiger partial charge in [0.05, 0.1) is 13.7 Å². The molecule has 0 fully saturated rings. The number of nitrogens with zero attached hydrogens (tertiary/aromatic N) is 2. The molecule has 1 unspecified atom stereocenters. The number of benzene rings is 4.